The van der Waals surface area contributed by atoms with Gasteiger partial charge in [0, 0.05) is 19.4 Å². The fourth-order valence-corrected chi connectivity index (χ4v) is 5.29. The van der Waals surface area contributed by atoms with E-state index in [1.807, 2.05) is 0 Å². The van der Waals surface area contributed by atoms with Crippen molar-refractivity contribution in [2.75, 3.05) is 19.8 Å². The monoisotopic (exact) mass is 647 g/mol. The summed E-state index contributed by atoms with van der Waals surface area (Å²) in [6.07, 6.45) is 41.4. The van der Waals surface area contributed by atoms with Gasteiger partial charge in [0.1, 0.15) is 6.61 Å². The van der Waals surface area contributed by atoms with Gasteiger partial charge in [0.25, 0.3) is 0 Å². The van der Waals surface area contributed by atoms with E-state index in [9.17, 15) is 9.59 Å². The minimum Gasteiger partial charge on any atom is -0.462 e. The average molecular weight is 647 g/mol. The van der Waals surface area contributed by atoms with E-state index in [2.05, 4.69) is 57.2 Å². The summed E-state index contributed by atoms with van der Waals surface area (Å²) in [5.41, 5.74) is 0. The van der Waals surface area contributed by atoms with Crippen molar-refractivity contribution in [2.45, 2.75) is 194 Å². The number of unbranched alkanes of at least 4 members (excludes halogenated alkanes) is 18. The molecule has 0 aliphatic carbocycles. The van der Waals surface area contributed by atoms with Crippen molar-refractivity contribution in [3.8, 4) is 0 Å². The quantitative estimate of drug-likeness (QED) is 0.0389. The van der Waals surface area contributed by atoms with Crippen LogP contribution in [0.1, 0.15) is 188 Å². The van der Waals surface area contributed by atoms with Crippen molar-refractivity contribution in [1.29, 1.82) is 0 Å². The van der Waals surface area contributed by atoms with E-state index in [1.165, 1.54) is 83.5 Å². The molecule has 0 fully saturated rings. The van der Waals surface area contributed by atoms with Crippen molar-refractivity contribution in [3.05, 3.63) is 36.5 Å². The standard InChI is InChI=1S/C41H74O5/c1-4-7-10-13-16-18-20-21-23-24-26-28-31-34-40(42)45-38-39(37-44-36-33-30-15-12-9-6-3)46-41(43)35-32-29-27-25-22-19-17-14-11-8-5-2/h7,10,16,18,21,23,39H,4-6,8-9,11-15,17,19-20,22,24-38H2,1-3H3/b10-7-,18-16-,23-21-. The zero-order valence-electron chi connectivity index (χ0n) is 30.6. The molecule has 0 spiro atoms. The van der Waals surface area contributed by atoms with Crippen LogP contribution in [0.4, 0.5) is 0 Å². The maximum Gasteiger partial charge on any atom is 0.306 e. The number of allylic oxidation sites excluding steroid dienone is 6. The van der Waals surface area contributed by atoms with Gasteiger partial charge < -0.3 is 14.2 Å². The fraction of sp³-hybridized carbons (Fsp3) is 0.805. The summed E-state index contributed by atoms with van der Waals surface area (Å²) in [6, 6.07) is 0. The molecule has 0 aromatic carbocycles. The van der Waals surface area contributed by atoms with Gasteiger partial charge >= 0.3 is 11.9 Å². The molecule has 0 amide bonds. The van der Waals surface area contributed by atoms with E-state index in [0.717, 1.165) is 70.6 Å². The first-order valence-corrected chi connectivity index (χ1v) is 19.5. The highest BCUT2D eigenvalue weighted by atomic mass is 16.6. The molecule has 0 heterocycles. The number of hydrogen-bond acceptors (Lipinski definition) is 5. The molecule has 46 heavy (non-hydrogen) atoms. The Hall–Kier alpha value is -1.88. The first-order chi connectivity index (χ1) is 22.6. The number of hydrogen-bond donors (Lipinski definition) is 0. The molecular weight excluding hydrogens is 572 g/mol. The SMILES string of the molecule is CC/C=C\C/C=C\C/C=C\CCCCCC(=O)OCC(COCCCCCCCC)OC(=O)CCCCCCCCCCCCC. The van der Waals surface area contributed by atoms with Crippen molar-refractivity contribution >= 4 is 11.9 Å². The van der Waals surface area contributed by atoms with Gasteiger partial charge in [-0.3, -0.25) is 9.59 Å². The van der Waals surface area contributed by atoms with Crippen LogP contribution >= 0.6 is 0 Å². The first kappa shape index (κ1) is 44.1. The molecule has 0 radical (unpaired) electrons. The average Bonchev–Trinajstić information content (AvgIpc) is 3.05. The Balaban J connectivity index is 4.21. The number of carbonyl (C=O) groups excluding carboxylic acids is 2. The van der Waals surface area contributed by atoms with Crippen molar-refractivity contribution in [3.63, 3.8) is 0 Å². The third-order valence-corrected chi connectivity index (χ3v) is 8.19. The molecule has 0 aliphatic rings. The van der Waals surface area contributed by atoms with Crippen molar-refractivity contribution in [2.24, 2.45) is 0 Å². The second-order valence-corrected chi connectivity index (χ2v) is 12.8. The van der Waals surface area contributed by atoms with Gasteiger partial charge in [-0.25, -0.2) is 0 Å². The molecular formula is C41H74O5. The van der Waals surface area contributed by atoms with Crippen LogP contribution in [0.3, 0.4) is 0 Å². The Kier molecular flexibility index (Phi) is 36.0. The topological polar surface area (TPSA) is 61.8 Å². The Morgan fingerprint density at radius 1 is 0.500 bits per heavy atom. The second kappa shape index (κ2) is 37.6. The maximum atomic E-state index is 12.6. The van der Waals surface area contributed by atoms with E-state index in [1.54, 1.807) is 0 Å². The molecule has 1 unspecified atom stereocenters. The highest BCUT2D eigenvalue weighted by Gasteiger charge is 2.17. The summed E-state index contributed by atoms with van der Waals surface area (Å²) in [5.74, 6) is -0.433. The number of carbonyl (C=O) groups is 2. The molecule has 1 atom stereocenters. The Morgan fingerprint density at radius 3 is 1.57 bits per heavy atom. The van der Waals surface area contributed by atoms with E-state index >= 15 is 0 Å². The van der Waals surface area contributed by atoms with Crippen LogP contribution in [0.15, 0.2) is 36.5 Å². The molecule has 0 saturated heterocycles. The van der Waals surface area contributed by atoms with Gasteiger partial charge in [-0.2, -0.15) is 0 Å². The normalized spacial score (nSPS) is 12.5. The Bertz CT molecular complexity index is 741. The predicted octanol–water partition coefficient (Wildman–Crippen LogP) is 12.3. The Labute approximate surface area is 285 Å². The van der Waals surface area contributed by atoms with Crippen molar-refractivity contribution < 1.29 is 23.8 Å². The summed E-state index contributed by atoms with van der Waals surface area (Å²) in [7, 11) is 0. The van der Waals surface area contributed by atoms with Gasteiger partial charge in [0.15, 0.2) is 6.10 Å². The minimum atomic E-state index is -0.536. The van der Waals surface area contributed by atoms with Crippen LogP contribution in [-0.2, 0) is 23.8 Å². The second-order valence-electron chi connectivity index (χ2n) is 12.8. The molecule has 0 rings (SSSR count). The lowest BCUT2D eigenvalue weighted by Crippen LogP contribution is -2.30. The highest BCUT2D eigenvalue weighted by molar-refractivity contribution is 5.70. The van der Waals surface area contributed by atoms with Gasteiger partial charge in [0.05, 0.1) is 6.61 Å². The Morgan fingerprint density at radius 2 is 0.978 bits per heavy atom. The van der Waals surface area contributed by atoms with E-state index in [0.29, 0.717) is 19.4 Å². The summed E-state index contributed by atoms with van der Waals surface area (Å²) in [6.45, 7) is 7.63. The van der Waals surface area contributed by atoms with Gasteiger partial charge in [0.2, 0.25) is 0 Å². The van der Waals surface area contributed by atoms with Crippen LogP contribution in [0.5, 0.6) is 0 Å². The van der Waals surface area contributed by atoms with Gasteiger partial charge in [-0.15, -0.1) is 0 Å². The lowest BCUT2D eigenvalue weighted by molar-refractivity contribution is -0.163. The predicted molar refractivity (Wildman–Crippen MR) is 196 cm³/mol. The fourth-order valence-electron chi connectivity index (χ4n) is 5.29. The molecule has 268 valence electrons. The summed E-state index contributed by atoms with van der Waals surface area (Å²) < 4.78 is 17.1. The smallest absolute Gasteiger partial charge is 0.306 e. The third kappa shape index (κ3) is 35.0. The zero-order valence-corrected chi connectivity index (χ0v) is 30.6. The third-order valence-electron chi connectivity index (χ3n) is 8.19. The van der Waals surface area contributed by atoms with Crippen LogP contribution in [0.25, 0.3) is 0 Å². The summed E-state index contributed by atoms with van der Waals surface area (Å²) in [5, 5.41) is 0. The van der Waals surface area contributed by atoms with E-state index in [-0.39, 0.29) is 25.2 Å². The van der Waals surface area contributed by atoms with E-state index in [4.69, 9.17) is 14.2 Å². The lowest BCUT2D eigenvalue weighted by Gasteiger charge is -2.18. The number of esters is 2. The molecule has 0 N–H and O–H groups in total. The maximum absolute atomic E-state index is 12.6. The molecule has 0 aliphatic heterocycles. The number of rotatable bonds is 35. The molecule has 5 heteroatoms. The summed E-state index contributed by atoms with van der Waals surface area (Å²) in [4.78, 5) is 25.0. The zero-order chi connectivity index (χ0) is 33.6. The van der Waals surface area contributed by atoms with Crippen molar-refractivity contribution in [1.82, 2.24) is 0 Å². The molecule has 0 aromatic heterocycles. The number of ether oxygens (including phenoxy) is 3. The van der Waals surface area contributed by atoms with Crippen LogP contribution < -0.4 is 0 Å². The largest absolute Gasteiger partial charge is 0.462 e. The minimum absolute atomic E-state index is 0.0732. The first-order valence-electron chi connectivity index (χ1n) is 19.5. The molecule has 0 saturated carbocycles. The molecule has 5 nitrogen and oxygen atoms in total. The van der Waals surface area contributed by atoms with Crippen LogP contribution in [0.2, 0.25) is 0 Å². The van der Waals surface area contributed by atoms with Crippen LogP contribution in [0, 0.1) is 0 Å². The summed E-state index contributed by atoms with van der Waals surface area (Å²) >= 11 is 0. The van der Waals surface area contributed by atoms with Gasteiger partial charge in [-0.1, -0.05) is 160 Å². The molecule has 0 bridgehead atoms. The van der Waals surface area contributed by atoms with E-state index < -0.39 is 6.10 Å². The van der Waals surface area contributed by atoms with Gasteiger partial charge in [-0.05, 0) is 51.4 Å². The molecule has 0 aromatic rings. The van der Waals surface area contributed by atoms with Crippen LogP contribution in [-0.4, -0.2) is 37.9 Å². The highest BCUT2D eigenvalue weighted by Crippen LogP contribution is 2.13. The lowest BCUT2D eigenvalue weighted by atomic mass is 10.1.